The van der Waals surface area contributed by atoms with E-state index in [-0.39, 0.29) is 17.6 Å². The van der Waals surface area contributed by atoms with E-state index in [0.717, 1.165) is 34.7 Å². The lowest BCUT2D eigenvalue weighted by Gasteiger charge is -2.13. The molecule has 0 spiro atoms. The van der Waals surface area contributed by atoms with Gasteiger partial charge in [-0.2, -0.15) is 0 Å². The van der Waals surface area contributed by atoms with Gasteiger partial charge in [-0.1, -0.05) is 255 Å². The second kappa shape index (κ2) is 44.6. The van der Waals surface area contributed by atoms with Crippen LogP contribution in [0.3, 0.4) is 0 Å². The number of imide groups is 1. The standard InChI is InChI=1S/C14H9NO2.C13H9NO.C13H10O.C12H10O2S.C2H4O2.7C2H6/c16-13-11-8-4-5-9-12(11)14(17)15(13)10-6-2-1-3-7-10;1-2-6-10(7-3-1)13-14-11-8-4-5-9-12(11)15-13;14-13(11-7-3-1-4-8-11)12-9-5-2-6-10-12;13-15(14,11-7-3-1-4-8-11)12-9-5-2-6-10-12;1-2(3)4;7*1-2/h1-9H;1-9H;1-10H;1-10H;1H3,(H,3,4);7*1-2H3. The molecule has 10 nitrogen and oxygen atoms in total. The van der Waals surface area contributed by atoms with Gasteiger partial charge < -0.3 is 9.52 Å². The molecular formula is C68H84N2O8S. The first kappa shape index (κ1) is 72.5. The summed E-state index contributed by atoms with van der Waals surface area (Å²) in [7, 11) is -3.34. The number of hydrogen-bond acceptors (Lipinski definition) is 8. The Morgan fingerprint density at radius 1 is 0.418 bits per heavy atom. The fourth-order valence-electron chi connectivity index (χ4n) is 6.26. The SMILES string of the molecule is CC.CC.CC.CC.CC.CC.CC.CC(=O)O.O=C(c1ccccc1)c1ccccc1.O=C1c2ccccc2C(=O)N1c1ccccc1.O=S(=O)(c1ccccc1)c1ccccc1.c1ccc(-c2nc3ccccc3o2)cc1. The van der Waals surface area contributed by atoms with Crippen molar-refractivity contribution in [1.82, 2.24) is 4.98 Å². The molecule has 2 heterocycles. The molecule has 0 saturated carbocycles. The van der Waals surface area contributed by atoms with Crippen LogP contribution in [0.1, 0.15) is 140 Å². The summed E-state index contributed by atoms with van der Waals surface area (Å²) in [6.07, 6.45) is 0. The van der Waals surface area contributed by atoms with E-state index in [1.807, 2.05) is 218 Å². The van der Waals surface area contributed by atoms with Gasteiger partial charge in [0.05, 0.1) is 26.6 Å². The highest BCUT2D eigenvalue weighted by Crippen LogP contribution is 2.28. The Hall–Kier alpha value is -8.54. The van der Waals surface area contributed by atoms with Crippen LogP contribution in [0.25, 0.3) is 22.6 Å². The lowest BCUT2D eigenvalue weighted by molar-refractivity contribution is -0.134. The Balaban J connectivity index is 0. The third-order valence-electron chi connectivity index (χ3n) is 9.30. The summed E-state index contributed by atoms with van der Waals surface area (Å²) in [5.41, 5.74) is 5.76. The maximum atomic E-state index is 12.1. The van der Waals surface area contributed by atoms with Gasteiger partial charge in [-0.25, -0.2) is 18.3 Å². The quantitative estimate of drug-likeness (QED) is 0.127. The van der Waals surface area contributed by atoms with Crippen molar-refractivity contribution in [2.75, 3.05) is 4.90 Å². The Morgan fingerprint density at radius 3 is 1.06 bits per heavy atom. The number of ketones is 1. The van der Waals surface area contributed by atoms with E-state index in [4.69, 9.17) is 14.3 Å². The summed E-state index contributed by atoms with van der Waals surface area (Å²) in [5, 5.41) is 7.42. The van der Waals surface area contributed by atoms with Crippen LogP contribution in [-0.4, -0.2) is 42.1 Å². The summed E-state index contributed by atoms with van der Waals surface area (Å²) in [4.78, 5) is 51.4. The molecule has 0 fully saturated rings. The largest absolute Gasteiger partial charge is 0.481 e. The highest BCUT2D eigenvalue weighted by Gasteiger charge is 2.36. The molecular weight excluding hydrogens is 1000 g/mol. The minimum absolute atomic E-state index is 0.0752. The van der Waals surface area contributed by atoms with Crippen LogP contribution in [0.4, 0.5) is 5.69 Å². The molecule has 9 aromatic rings. The number of amides is 2. The predicted molar refractivity (Wildman–Crippen MR) is 331 cm³/mol. The summed E-state index contributed by atoms with van der Waals surface area (Å²) >= 11 is 0. The Bertz CT molecular complexity index is 2920. The average Bonchev–Trinajstić information content (AvgIpc) is 4.17. The molecule has 79 heavy (non-hydrogen) atoms. The zero-order valence-electron chi connectivity index (χ0n) is 49.0. The van der Waals surface area contributed by atoms with Crippen molar-refractivity contribution >= 4 is 50.2 Å². The highest BCUT2D eigenvalue weighted by atomic mass is 32.2. The van der Waals surface area contributed by atoms with Crippen molar-refractivity contribution in [2.24, 2.45) is 0 Å². The lowest BCUT2D eigenvalue weighted by atomic mass is 10.0. The van der Waals surface area contributed by atoms with Crippen LogP contribution in [-0.2, 0) is 14.6 Å². The predicted octanol–water partition coefficient (Wildman–Crippen LogP) is 18.7. The monoisotopic (exact) mass is 1090 g/mol. The fraction of sp³-hybridized carbons (Fsp3) is 0.221. The van der Waals surface area contributed by atoms with Crippen LogP contribution >= 0.6 is 0 Å². The molecule has 8 aromatic carbocycles. The molecule has 420 valence electrons. The number of aromatic nitrogens is 1. The number of aliphatic carboxylic acids is 1. The van der Waals surface area contributed by atoms with Gasteiger partial charge >= 0.3 is 0 Å². The number of fused-ring (bicyclic) bond motifs is 2. The van der Waals surface area contributed by atoms with Crippen LogP contribution < -0.4 is 4.90 Å². The number of carboxylic acids is 1. The van der Waals surface area contributed by atoms with Gasteiger partial charge in [0.15, 0.2) is 11.4 Å². The minimum atomic E-state index is -3.34. The van der Waals surface area contributed by atoms with Crippen molar-refractivity contribution in [1.29, 1.82) is 0 Å². The number of carboxylic acid groups (broad SMARTS) is 1. The molecule has 2 amide bonds. The van der Waals surface area contributed by atoms with Crippen LogP contribution in [0.5, 0.6) is 0 Å². The number of carbonyl (C=O) groups is 4. The number of para-hydroxylation sites is 3. The first-order valence-corrected chi connectivity index (χ1v) is 28.7. The molecule has 1 aliphatic heterocycles. The lowest BCUT2D eigenvalue weighted by Crippen LogP contribution is -2.29. The van der Waals surface area contributed by atoms with E-state index < -0.39 is 15.8 Å². The zero-order valence-corrected chi connectivity index (χ0v) is 49.9. The number of benzene rings is 8. The van der Waals surface area contributed by atoms with Crippen molar-refractivity contribution in [2.45, 2.75) is 114 Å². The molecule has 0 saturated heterocycles. The summed E-state index contributed by atoms with van der Waals surface area (Å²) in [6, 6.07) is 69.0. The average molecular weight is 1090 g/mol. The number of nitrogens with zero attached hydrogens (tertiary/aromatic N) is 2. The second-order valence-corrected chi connectivity index (χ2v) is 15.8. The molecule has 0 aliphatic carbocycles. The first-order chi connectivity index (χ1) is 38.5. The summed E-state index contributed by atoms with van der Waals surface area (Å²) < 4.78 is 29.7. The maximum Gasteiger partial charge on any atom is 0.300 e. The van der Waals surface area contributed by atoms with Crippen LogP contribution in [0, 0.1) is 0 Å². The molecule has 1 N–H and O–H groups in total. The van der Waals surface area contributed by atoms with E-state index in [2.05, 4.69) is 4.98 Å². The summed E-state index contributed by atoms with van der Waals surface area (Å²) in [6.45, 7) is 29.1. The number of hydrogen-bond donors (Lipinski definition) is 1. The number of rotatable bonds is 6. The van der Waals surface area contributed by atoms with E-state index in [1.54, 1.807) is 109 Å². The Labute approximate surface area is 472 Å². The fourth-order valence-corrected chi connectivity index (χ4v) is 7.56. The molecule has 10 rings (SSSR count). The molecule has 0 bridgehead atoms. The van der Waals surface area contributed by atoms with E-state index in [9.17, 15) is 22.8 Å². The third-order valence-corrected chi connectivity index (χ3v) is 11.1. The van der Waals surface area contributed by atoms with Gasteiger partial charge in [0.2, 0.25) is 15.7 Å². The van der Waals surface area contributed by atoms with Gasteiger partial charge in [0.25, 0.3) is 17.8 Å². The third kappa shape index (κ3) is 24.6. The topological polar surface area (TPSA) is 152 Å². The van der Waals surface area contributed by atoms with Gasteiger partial charge in [-0.05, 0) is 72.8 Å². The van der Waals surface area contributed by atoms with E-state index >= 15 is 0 Å². The van der Waals surface area contributed by atoms with Crippen LogP contribution in [0.2, 0.25) is 0 Å². The maximum absolute atomic E-state index is 12.1. The Morgan fingerprint density at radius 2 is 0.709 bits per heavy atom. The second-order valence-electron chi connectivity index (χ2n) is 13.9. The van der Waals surface area contributed by atoms with E-state index in [0.29, 0.717) is 32.5 Å². The molecule has 0 radical (unpaired) electrons. The molecule has 11 heteroatoms. The van der Waals surface area contributed by atoms with Gasteiger partial charge in [-0.15, -0.1) is 0 Å². The van der Waals surface area contributed by atoms with E-state index in [1.165, 1.54) is 4.90 Å². The van der Waals surface area contributed by atoms with Gasteiger partial charge in [0, 0.05) is 23.6 Å². The highest BCUT2D eigenvalue weighted by molar-refractivity contribution is 7.91. The van der Waals surface area contributed by atoms with Crippen LogP contribution in [0.15, 0.2) is 245 Å². The van der Waals surface area contributed by atoms with Crippen molar-refractivity contribution in [3.63, 3.8) is 0 Å². The van der Waals surface area contributed by atoms with Crippen molar-refractivity contribution in [3.05, 3.63) is 253 Å². The molecule has 0 unspecified atom stereocenters. The normalized spacial score (nSPS) is 9.73. The minimum Gasteiger partial charge on any atom is -0.481 e. The number of anilines is 1. The number of carbonyl (C=O) groups excluding carboxylic acids is 3. The van der Waals surface area contributed by atoms with Gasteiger partial charge in [0.1, 0.15) is 5.52 Å². The van der Waals surface area contributed by atoms with Crippen molar-refractivity contribution < 1.29 is 37.1 Å². The molecule has 1 aliphatic rings. The zero-order chi connectivity index (χ0) is 60.0. The smallest absolute Gasteiger partial charge is 0.300 e. The van der Waals surface area contributed by atoms with Crippen molar-refractivity contribution in [3.8, 4) is 11.5 Å². The summed E-state index contributed by atoms with van der Waals surface area (Å²) in [5.74, 6) is -0.586. The molecule has 0 atom stereocenters. The number of sulfone groups is 1. The van der Waals surface area contributed by atoms with Gasteiger partial charge in [-0.3, -0.25) is 19.2 Å². The number of oxazole rings is 1. The first-order valence-electron chi connectivity index (χ1n) is 27.2. The molecule has 1 aromatic heterocycles. The Kier molecular flexibility index (Phi) is 40.9.